The molecular formula is C18H16Br2N4O. The second kappa shape index (κ2) is 8.62. The third-order valence-electron chi connectivity index (χ3n) is 3.61. The van der Waals surface area contributed by atoms with Gasteiger partial charge in [0.05, 0.1) is 17.1 Å². The first-order valence-corrected chi connectivity index (χ1v) is 9.25. The zero-order chi connectivity index (χ0) is 17.6. The minimum Gasteiger partial charge on any atom is -0.372 e. The third kappa shape index (κ3) is 4.92. The Bertz CT molecular complexity index is 776. The van der Waals surface area contributed by atoms with Crippen LogP contribution >= 0.6 is 31.9 Å². The largest absolute Gasteiger partial charge is 0.372 e. The molecule has 25 heavy (non-hydrogen) atoms. The number of nitrogens with zero attached hydrogens (tertiary/aromatic N) is 4. The molecule has 1 atom stereocenters. The molecule has 0 saturated carbocycles. The first kappa shape index (κ1) is 18.1. The molecule has 3 aromatic rings. The van der Waals surface area contributed by atoms with E-state index in [1.54, 1.807) is 18.6 Å². The van der Waals surface area contributed by atoms with Gasteiger partial charge >= 0.3 is 0 Å². The van der Waals surface area contributed by atoms with E-state index >= 15 is 0 Å². The van der Waals surface area contributed by atoms with Crippen LogP contribution in [0.25, 0.3) is 0 Å². The Labute approximate surface area is 163 Å². The van der Waals surface area contributed by atoms with Gasteiger partial charge in [-0.05, 0) is 62.2 Å². The van der Waals surface area contributed by atoms with Crippen molar-refractivity contribution in [2.24, 2.45) is 0 Å². The fourth-order valence-electron chi connectivity index (χ4n) is 2.42. The number of pyridine rings is 3. The van der Waals surface area contributed by atoms with Gasteiger partial charge < -0.3 is 5.11 Å². The molecule has 3 heterocycles. The molecule has 7 heteroatoms. The summed E-state index contributed by atoms with van der Waals surface area (Å²) in [5, 5.41) is 10.9. The molecule has 0 radical (unpaired) electrons. The average molecular weight is 464 g/mol. The maximum atomic E-state index is 10.9. The van der Waals surface area contributed by atoms with Crippen molar-refractivity contribution in [2.75, 3.05) is 0 Å². The molecule has 0 fully saturated rings. The summed E-state index contributed by atoms with van der Waals surface area (Å²) in [4.78, 5) is 15.0. The summed E-state index contributed by atoms with van der Waals surface area (Å²) in [5.41, 5.74) is 2.28. The van der Waals surface area contributed by atoms with E-state index in [1.165, 1.54) is 0 Å². The summed E-state index contributed by atoms with van der Waals surface area (Å²) < 4.78 is 1.58. The quantitative estimate of drug-likeness (QED) is 0.558. The van der Waals surface area contributed by atoms with Gasteiger partial charge in [-0.1, -0.05) is 12.1 Å². The van der Waals surface area contributed by atoms with Crippen LogP contribution in [0.2, 0.25) is 0 Å². The lowest BCUT2D eigenvalue weighted by Gasteiger charge is -2.27. The van der Waals surface area contributed by atoms with Crippen molar-refractivity contribution < 1.29 is 5.11 Å². The fraction of sp³-hybridized carbons (Fsp3) is 0.167. The summed E-state index contributed by atoms with van der Waals surface area (Å²) >= 11 is 6.86. The van der Waals surface area contributed by atoms with Gasteiger partial charge in [0, 0.05) is 40.6 Å². The maximum absolute atomic E-state index is 10.9. The summed E-state index contributed by atoms with van der Waals surface area (Å²) in [5.74, 6) is 0. The van der Waals surface area contributed by atoms with Gasteiger partial charge in [-0.15, -0.1) is 0 Å². The van der Waals surface area contributed by atoms with Crippen LogP contribution in [0.5, 0.6) is 0 Å². The van der Waals surface area contributed by atoms with E-state index in [0.29, 0.717) is 18.8 Å². The van der Waals surface area contributed by atoms with Crippen LogP contribution in [-0.4, -0.2) is 25.0 Å². The normalized spacial score (nSPS) is 12.3. The summed E-state index contributed by atoms with van der Waals surface area (Å²) in [6.45, 7) is 0.950. The fourth-order valence-corrected chi connectivity index (χ4v) is 3.61. The number of aliphatic hydroxyl groups is 1. The molecule has 0 aliphatic carbocycles. The molecule has 1 N–H and O–H groups in total. The molecular weight excluding hydrogens is 448 g/mol. The predicted molar refractivity (Wildman–Crippen MR) is 102 cm³/mol. The van der Waals surface area contributed by atoms with Crippen LogP contribution < -0.4 is 0 Å². The molecule has 0 bridgehead atoms. The van der Waals surface area contributed by atoms with Crippen LogP contribution in [0.15, 0.2) is 70.0 Å². The Morgan fingerprint density at radius 2 is 1.52 bits per heavy atom. The molecule has 128 valence electrons. The average Bonchev–Trinajstić information content (AvgIpc) is 2.62. The van der Waals surface area contributed by atoms with Gasteiger partial charge in [-0.3, -0.25) is 19.9 Å². The van der Waals surface area contributed by atoms with Gasteiger partial charge in [0.15, 0.2) is 6.23 Å². The van der Waals surface area contributed by atoms with Crippen LogP contribution in [0.4, 0.5) is 0 Å². The predicted octanol–water partition coefficient (Wildman–Crippen LogP) is 4.09. The van der Waals surface area contributed by atoms with E-state index in [2.05, 4.69) is 46.8 Å². The van der Waals surface area contributed by atoms with Crippen molar-refractivity contribution in [3.63, 3.8) is 0 Å². The number of aromatic nitrogens is 3. The van der Waals surface area contributed by atoms with Crippen LogP contribution in [0.3, 0.4) is 0 Å². The van der Waals surface area contributed by atoms with Gasteiger partial charge in [-0.25, -0.2) is 0 Å². The Morgan fingerprint density at radius 3 is 2.00 bits per heavy atom. The van der Waals surface area contributed by atoms with Gasteiger partial charge in [0.2, 0.25) is 0 Å². The number of hydrogen-bond donors (Lipinski definition) is 1. The minimum absolute atomic E-state index is 0.475. The maximum Gasteiger partial charge on any atom is 0.152 e. The molecule has 1 unspecified atom stereocenters. The topological polar surface area (TPSA) is 62.1 Å². The second-order valence-electron chi connectivity index (χ2n) is 5.44. The molecule has 0 spiro atoms. The van der Waals surface area contributed by atoms with Crippen molar-refractivity contribution in [2.45, 2.75) is 19.3 Å². The lowest BCUT2D eigenvalue weighted by molar-refractivity contribution is -0.0158. The van der Waals surface area contributed by atoms with Crippen LogP contribution in [-0.2, 0) is 13.1 Å². The Hall–Kier alpha value is -1.67. The van der Waals surface area contributed by atoms with E-state index in [1.807, 2.05) is 47.4 Å². The Kier molecular flexibility index (Phi) is 6.25. The van der Waals surface area contributed by atoms with Gasteiger partial charge in [0.25, 0.3) is 0 Å². The highest BCUT2D eigenvalue weighted by Crippen LogP contribution is 2.28. The summed E-state index contributed by atoms with van der Waals surface area (Å²) in [7, 11) is 0. The molecule has 3 rings (SSSR count). The molecule has 0 saturated heterocycles. The van der Waals surface area contributed by atoms with E-state index in [4.69, 9.17) is 0 Å². The molecule has 5 nitrogen and oxygen atoms in total. The molecule has 0 aliphatic rings. The van der Waals surface area contributed by atoms with Crippen LogP contribution in [0.1, 0.15) is 23.3 Å². The van der Waals surface area contributed by atoms with E-state index in [-0.39, 0.29) is 0 Å². The zero-order valence-electron chi connectivity index (χ0n) is 13.3. The third-order valence-corrected chi connectivity index (χ3v) is 4.68. The van der Waals surface area contributed by atoms with Crippen molar-refractivity contribution in [1.82, 2.24) is 19.9 Å². The van der Waals surface area contributed by atoms with Gasteiger partial charge in [-0.2, -0.15) is 0 Å². The smallest absolute Gasteiger partial charge is 0.152 e. The number of rotatable bonds is 6. The highest BCUT2D eigenvalue weighted by molar-refractivity contribution is 9.11. The monoisotopic (exact) mass is 462 g/mol. The van der Waals surface area contributed by atoms with Crippen molar-refractivity contribution in [3.05, 3.63) is 87.1 Å². The molecule has 0 aliphatic heterocycles. The first-order valence-electron chi connectivity index (χ1n) is 7.66. The first-order chi connectivity index (χ1) is 12.1. The van der Waals surface area contributed by atoms with E-state index < -0.39 is 6.23 Å². The van der Waals surface area contributed by atoms with Gasteiger partial charge in [0.1, 0.15) is 0 Å². The highest BCUT2D eigenvalue weighted by atomic mass is 79.9. The highest BCUT2D eigenvalue weighted by Gasteiger charge is 2.23. The van der Waals surface area contributed by atoms with Crippen LogP contribution in [0, 0.1) is 0 Å². The number of hydrogen-bond acceptors (Lipinski definition) is 5. The number of aliphatic hydroxyl groups excluding tert-OH is 1. The second-order valence-corrected chi connectivity index (χ2v) is 7.21. The standard InChI is InChI=1S/C18H16Br2N4O/c19-13-9-16(20)17(23-10-13)18(25)24(11-14-5-1-3-7-21-14)12-15-6-2-4-8-22-15/h1-10,18,25H,11-12H2. The SMILES string of the molecule is OC(c1ncc(Br)cc1Br)N(Cc1ccccn1)Cc1ccccn1. The molecule has 0 aromatic carbocycles. The number of halogens is 2. The summed E-state index contributed by atoms with van der Waals surface area (Å²) in [6, 6.07) is 13.3. The van der Waals surface area contributed by atoms with E-state index in [9.17, 15) is 5.11 Å². The Balaban J connectivity index is 1.89. The Morgan fingerprint density at radius 1 is 0.920 bits per heavy atom. The minimum atomic E-state index is -0.897. The molecule has 3 aromatic heterocycles. The lowest BCUT2D eigenvalue weighted by atomic mass is 10.2. The summed E-state index contributed by atoms with van der Waals surface area (Å²) in [6.07, 6.45) is 4.26. The van der Waals surface area contributed by atoms with E-state index in [0.717, 1.165) is 20.3 Å². The zero-order valence-corrected chi connectivity index (χ0v) is 16.4. The lowest BCUT2D eigenvalue weighted by Crippen LogP contribution is -2.29. The molecule has 0 amide bonds. The van der Waals surface area contributed by atoms with Crippen molar-refractivity contribution >= 4 is 31.9 Å². The van der Waals surface area contributed by atoms with Crippen molar-refractivity contribution in [3.8, 4) is 0 Å². The van der Waals surface area contributed by atoms with Crippen molar-refractivity contribution in [1.29, 1.82) is 0 Å².